The van der Waals surface area contributed by atoms with Crippen LogP contribution in [0.1, 0.15) is 27.3 Å². The summed E-state index contributed by atoms with van der Waals surface area (Å²) in [5.41, 5.74) is 4.70. The molecule has 13 nitrogen and oxygen atoms in total. The van der Waals surface area contributed by atoms with Crippen molar-refractivity contribution in [1.82, 2.24) is 29.7 Å². The molecule has 3 aromatic heterocycles. The second kappa shape index (κ2) is 18.2. The number of piperazine rings is 1. The van der Waals surface area contributed by atoms with E-state index < -0.39 is 18.2 Å². The molecule has 9 rings (SSSR count). The maximum atomic E-state index is 13.1. The van der Waals surface area contributed by atoms with Crippen molar-refractivity contribution >= 4 is 56.8 Å². The first-order valence-corrected chi connectivity index (χ1v) is 21.3. The normalized spacial score (nSPS) is 17.2. The molecule has 2 atom stereocenters. The minimum absolute atomic E-state index is 0.0595. The third-order valence-electron chi connectivity index (χ3n) is 10.9. The van der Waals surface area contributed by atoms with Gasteiger partial charge in [0.05, 0.1) is 33.8 Å². The Morgan fingerprint density at radius 2 is 1.77 bits per heavy atom. The predicted octanol–water partition coefficient (Wildman–Crippen LogP) is 8.43. The van der Waals surface area contributed by atoms with E-state index in [0.717, 1.165) is 42.2 Å². The summed E-state index contributed by atoms with van der Waals surface area (Å²) in [6.07, 6.45) is 2.73. The van der Waals surface area contributed by atoms with Crippen LogP contribution < -0.4 is 23.7 Å². The van der Waals surface area contributed by atoms with Crippen LogP contribution in [0.25, 0.3) is 38.8 Å². The molecule has 3 aromatic carbocycles. The standard InChI is InChI=1S/C45H44Cl2N6O7S/c1-6-35-37-36-25(2)39(46)41(40(47)26(36)3)59-30(21-53-17-15-52(4)16-18-53)23-57-29-11-12-32(58-22-28-13-14-48-42(51-28)31-9-7-8-10-33(31)56-5)27(19-29)20-34(45(54)55)60-43-38(37)44(61-35)50-24-49-43/h6-14,19,24,30,34H,1,15-18,20-23H2,2-5H3,(H,54,55)/t30-,34-/m1/s1. The summed E-state index contributed by atoms with van der Waals surface area (Å²) >= 11 is 15.8. The van der Waals surface area contributed by atoms with Crippen LogP contribution in [0, 0.1) is 13.8 Å². The van der Waals surface area contributed by atoms with E-state index >= 15 is 0 Å². The van der Waals surface area contributed by atoms with Gasteiger partial charge in [0.25, 0.3) is 0 Å². The number of halogens is 2. The highest BCUT2D eigenvalue weighted by Gasteiger charge is 2.31. The number of benzene rings is 3. The van der Waals surface area contributed by atoms with E-state index in [1.54, 1.807) is 43.6 Å². The van der Waals surface area contributed by atoms with Crippen molar-refractivity contribution in [2.45, 2.75) is 39.1 Å². The zero-order chi connectivity index (χ0) is 42.8. The van der Waals surface area contributed by atoms with Crippen molar-refractivity contribution in [3.63, 3.8) is 0 Å². The average molecular weight is 884 g/mol. The molecule has 6 aromatic rings. The van der Waals surface area contributed by atoms with Gasteiger partial charge in [-0.2, -0.15) is 0 Å². The molecule has 0 amide bonds. The second-order valence-electron chi connectivity index (χ2n) is 14.9. The van der Waals surface area contributed by atoms with Crippen molar-refractivity contribution in [2.24, 2.45) is 0 Å². The number of thiophene rings is 1. The van der Waals surface area contributed by atoms with Crippen LogP contribution in [0.15, 0.2) is 67.6 Å². The lowest BCUT2D eigenvalue weighted by Gasteiger charge is -2.35. The molecule has 3 aliphatic heterocycles. The summed E-state index contributed by atoms with van der Waals surface area (Å²) in [5, 5.41) is 11.9. The fourth-order valence-corrected chi connectivity index (χ4v) is 9.17. The highest BCUT2D eigenvalue weighted by Crippen LogP contribution is 2.50. The number of methoxy groups -OCH3 is 1. The number of hydrogen-bond acceptors (Lipinski definition) is 13. The molecular weight excluding hydrogens is 840 g/mol. The Balaban J connectivity index is 1.22. The molecule has 0 unspecified atom stereocenters. The molecule has 1 saturated heterocycles. The lowest BCUT2D eigenvalue weighted by Crippen LogP contribution is -2.49. The molecule has 61 heavy (non-hydrogen) atoms. The first kappa shape index (κ1) is 42.2. The number of hydrogen-bond donors (Lipinski definition) is 1. The number of ether oxygens (including phenoxy) is 5. The van der Waals surface area contributed by atoms with E-state index in [1.807, 2.05) is 38.1 Å². The van der Waals surface area contributed by atoms with E-state index in [4.69, 9.17) is 51.9 Å². The van der Waals surface area contributed by atoms with E-state index in [2.05, 4.69) is 38.4 Å². The first-order chi connectivity index (χ1) is 29.5. The van der Waals surface area contributed by atoms with Crippen molar-refractivity contribution in [1.29, 1.82) is 0 Å². The quantitative estimate of drug-likeness (QED) is 0.149. The van der Waals surface area contributed by atoms with Crippen LogP contribution in [0.2, 0.25) is 10.0 Å². The van der Waals surface area contributed by atoms with Crippen LogP contribution in [0.3, 0.4) is 0 Å². The molecule has 3 aliphatic rings. The van der Waals surface area contributed by atoms with Crippen LogP contribution in [0.4, 0.5) is 0 Å². The third-order valence-corrected chi connectivity index (χ3v) is 12.9. The van der Waals surface area contributed by atoms with E-state index in [0.29, 0.717) is 83.6 Å². The molecule has 16 heteroatoms. The van der Waals surface area contributed by atoms with Gasteiger partial charge in [-0.25, -0.2) is 24.7 Å². The molecule has 1 N–H and O–H groups in total. The Labute approximate surface area is 367 Å². The zero-order valence-corrected chi connectivity index (χ0v) is 36.4. The Bertz CT molecular complexity index is 2590. The van der Waals surface area contributed by atoms with Crippen LogP contribution in [0.5, 0.6) is 28.9 Å². The van der Waals surface area contributed by atoms with E-state index in [1.165, 1.54) is 17.7 Å². The van der Waals surface area contributed by atoms with Crippen molar-refractivity contribution in [2.75, 3.05) is 53.5 Å². The van der Waals surface area contributed by atoms with Crippen LogP contribution in [-0.2, 0) is 17.8 Å². The number of aliphatic carboxylic acids is 1. The van der Waals surface area contributed by atoms with Crippen molar-refractivity contribution in [3.05, 3.63) is 105 Å². The number of para-hydroxylation sites is 1. The molecular formula is C45H44Cl2N6O7S. The molecule has 0 aliphatic carbocycles. The first-order valence-electron chi connectivity index (χ1n) is 19.7. The van der Waals surface area contributed by atoms with Gasteiger partial charge in [-0.3, -0.25) is 4.90 Å². The monoisotopic (exact) mass is 882 g/mol. The summed E-state index contributed by atoms with van der Waals surface area (Å²) in [6, 6.07) is 14.6. The lowest BCUT2D eigenvalue weighted by atomic mass is 9.93. The topological polar surface area (TPSA) is 141 Å². The SMILES string of the molecule is C=Cc1sc2ncnc3c2c1-c1c(C)c(Cl)c(c(Cl)c1C)O[C@H](CN1CCN(C)CC1)COc1ccc(OCc2ccnc(-c4ccccc4OC)n2)c(c1)C[C@H](C(=O)O)O3. The Morgan fingerprint density at radius 3 is 2.51 bits per heavy atom. The Kier molecular flexibility index (Phi) is 12.6. The number of nitrogens with zero attached hydrogens (tertiary/aromatic N) is 6. The van der Waals surface area contributed by atoms with E-state index in [-0.39, 0.29) is 25.5 Å². The minimum Gasteiger partial charge on any atom is -0.496 e. The molecule has 1 fully saturated rings. The van der Waals surface area contributed by atoms with Gasteiger partial charge in [0, 0.05) is 61.3 Å². The predicted molar refractivity (Wildman–Crippen MR) is 237 cm³/mol. The van der Waals surface area contributed by atoms with Gasteiger partial charge < -0.3 is 33.7 Å². The van der Waals surface area contributed by atoms with Gasteiger partial charge in [-0.05, 0) is 74.0 Å². The third kappa shape index (κ3) is 8.82. The van der Waals surface area contributed by atoms with Gasteiger partial charge >= 0.3 is 5.97 Å². The maximum Gasteiger partial charge on any atom is 0.345 e. The Hall–Kier alpha value is -5.51. The van der Waals surface area contributed by atoms with Crippen LogP contribution in [-0.4, -0.2) is 107 Å². The summed E-state index contributed by atoms with van der Waals surface area (Å²) in [4.78, 5) is 37.4. The van der Waals surface area contributed by atoms with E-state index in [9.17, 15) is 9.90 Å². The van der Waals surface area contributed by atoms with Crippen molar-refractivity contribution in [3.8, 4) is 51.4 Å². The number of carboxylic acids is 1. The number of fused-ring (bicyclic) bond motifs is 7. The molecule has 0 saturated carbocycles. The van der Waals surface area contributed by atoms with Gasteiger partial charge in [-0.15, -0.1) is 11.3 Å². The van der Waals surface area contributed by atoms with Gasteiger partial charge in [0.2, 0.25) is 12.0 Å². The highest BCUT2D eigenvalue weighted by atomic mass is 35.5. The highest BCUT2D eigenvalue weighted by molar-refractivity contribution is 7.20. The van der Waals surface area contributed by atoms with Gasteiger partial charge in [0.1, 0.15) is 47.7 Å². The maximum absolute atomic E-state index is 13.1. The molecule has 0 radical (unpaired) electrons. The second-order valence-corrected chi connectivity index (χ2v) is 16.7. The summed E-state index contributed by atoms with van der Waals surface area (Å²) in [5.74, 6) is 1.25. The van der Waals surface area contributed by atoms with Gasteiger partial charge in [-0.1, -0.05) is 48.0 Å². The molecule has 4 bridgehead atoms. The van der Waals surface area contributed by atoms with Gasteiger partial charge in [0.15, 0.2) is 11.6 Å². The summed E-state index contributed by atoms with van der Waals surface area (Å²) < 4.78 is 31.6. The fraction of sp³-hybridized carbons (Fsp3) is 0.311. The molecule has 316 valence electrons. The molecule has 0 spiro atoms. The summed E-state index contributed by atoms with van der Waals surface area (Å²) in [6.45, 7) is 12.2. The summed E-state index contributed by atoms with van der Waals surface area (Å²) in [7, 11) is 3.71. The van der Waals surface area contributed by atoms with Crippen molar-refractivity contribution < 1.29 is 33.6 Å². The number of likely N-dealkylation sites (N-methyl/N-ethyl adjacent to an activating group) is 1. The number of rotatable bonds is 9. The number of aromatic nitrogens is 4. The largest absolute Gasteiger partial charge is 0.496 e. The minimum atomic E-state index is -1.41. The molecule has 6 heterocycles. The number of carbonyl (C=O) groups is 1. The van der Waals surface area contributed by atoms with Crippen LogP contribution >= 0.6 is 34.5 Å². The fourth-order valence-electron chi connectivity index (χ4n) is 7.67. The average Bonchev–Trinajstić information content (AvgIpc) is 3.65. The lowest BCUT2D eigenvalue weighted by molar-refractivity contribution is -0.145. The zero-order valence-electron chi connectivity index (χ0n) is 34.1. The Morgan fingerprint density at radius 1 is 1.00 bits per heavy atom. The smallest absolute Gasteiger partial charge is 0.345 e. The number of carboxylic acid groups (broad SMARTS) is 1.